The van der Waals surface area contributed by atoms with Crippen LogP contribution in [0.3, 0.4) is 0 Å². The minimum absolute atomic E-state index is 0.110. The summed E-state index contributed by atoms with van der Waals surface area (Å²) in [6.07, 6.45) is 11.5. The number of nitrogens with zero attached hydrogens (tertiary/aromatic N) is 1. The van der Waals surface area contributed by atoms with E-state index in [2.05, 4.69) is 46.0 Å². The molecule has 8 atom stereocenters. The molecule has 3 saturated carbocycles. The molecule has 2 amide bonds. The lowest BCUT2D eigenvalue weighted by molar-refractivity contribution is -0.139. The Hall–Kier alpha value is -0.970. The van der Waals surface area contributed by atoms with Gasteiger partial charge in [0.1, 0.15) is 0 Å². The van der Waals surface area contributed by atoms with Gasteiger partial charge in [-0.3, -0.25) is 9.59 Å². The minimum atomic E-state index is 0.110. The van der Waals surface area contributed by atoms with Crippen LogP contribution < -0.4 is 5.32 Å². The number of amides is 2. The Bertz CT molecular complexity index is 752. The monoisotopic (exact) mass is 446 g/mol. The molecule has 4 rings (SSSR count). The lowest BCUT2D eigenvalue weighted by Gasteiger charge is -2.60. The van der Waals surface area contributed by atoms with Crippen molar-refractivity contribution in [2.24, 2.45) is 34.5 Å². The van der Waals surface area contributed by atoms with Crippen LogP contribution in [-0.4, -0.2) is 46.8 Å². The Labute approximate surface area is 193 Å². The lowest BCUT2D eigenvalue weighted by atomic mass is 9.47. The van der Waals surface area contributed by atoms with E-state index in [0.29, 0.717) is 34.3 Å². The molecule has 1 aliphatic heterocycles. The Morgan fingerprint density at radius 1 is 1.16 bits per heavy atom. The molecule has 0 spiro atoms. The molecule has 3 aliphatic carbocycles. The van der Waals surface area contributed by atoms with Crippen LogP contribution in [0, 0.1) is 34.5 Å². The van der Waals surface area contributed by atoms with Crippen molar-refractivity contribution >= 4 is 23.6 Å². The maximum Gasteiger partial charge on any atom is 0.246 e. The molecule has 0 bridgehead atoms. The molecule has 3 fully saturated rings. The Morgan fingerprint density at radius 2 is 1.90 bits per heavy atom. The topological polar surface area (TPSA) is 49.4 Å². The third kappa shape index (κ3) is 3.87. The first-order valence-corrected chi connectivity index (χ1v) is 13.5. The fourth-order valence-electron chi connectivity index (χ4n) is 8.24. The summed E-state index contributed by atoms with van der Waals surface area (Å²) in [6.45, 7) is 11.5. The summed E-state index contributed by atoms with van der Waals surface area (Å²) in [4.78, 5) is 26.8. The number of nitrogens with one attached hydrogen (secondary N) is 1. The van der Waals surface area contributed by atoms with Crippen LogP contribution in [0.2, 0.25) is 0 Å². The number of likely N-dealkylation sites (N-methyl/N-ethyl adjacent to an activating group) is 1. The van der Waals surface area contributed by atoms with E-state index >= 15 is 0 Å². The maximum atomic E-state index is 12.5. The third-order valence-corrected chi connectivity index (χ3v) is 10.8. The highest BCUT2D eigenvalue weighted by Crippen LogP contribution is 2.65. The number of hydrogen-bond donors (Lipinski definition) is 1. The van der Waals surface area contributed by atoms with Crippen molar-refractivity contribution in [3.8, 4) is 0 Å². The summed E-state index contributed by atoms with van der Waals surface area (Å²) < 4.78 is 0. The molecule has 1 unspecified atom stereocenters. The van der Waals surface area contributed by atoms with E-state index in [-0.39, 0.29) is 23.3 Å². The number of fused-ring (bicyclic) bond motifs is 5. The fraction of sp³-hybridized carbons (Fsp3) is 0.846. The molecular weight excluding hydrogens is 404 g/mol. The van der Waals surface area contributed by atoms with E-state index in [9.17, 15) is 9.59 Å². The molecular formula is C26H42N2O2S. The van der Waals surface area contributed by atoms with Crippen LogP contribution in [0.4, 0.5) is 0 Å². The van der Waals surface area contributed by atoms with Crippen LogP contribution in [0.1, 0.15) is 73.1 Å². The van der Waals surface area contributed by atoms with E-state index in [4.69, 9.17) is 0 Å². The van der Waals surface area contributed by atoms with E-state index in [1.54, 1.807) is 11.8 Å². The summed E-state index contributed by atoms with van der Waals surface area (Å²) in [6, 6.07) is 0.599. The number of hydrogen-bond acceptors (Lipinski definition) is 3. The van der Waals surface area contributed by atoms with Gasteiger partial charge in [0.05, 0.1) is 5.75 Å². The van der Waals surface area contributed by atoms with Crippen LogP contribution in [0.5, 0.6) is 0 Å². The summed E-state index contributed by atoms with van der Waals surface area (Å²) >= 11 is 1.72. The first-order valence-electron chi connectivity index (χ1n) is 12.4. The molecule has 0 aromatic heterocycles. The molecule has 1 heterocycles. The van der Waals surface area contributed by atoms with Crippen molar-refractivity contribution in [2.75, 3.05) is 12.8 Å². The zero-order chi connectivity index (χ0) is 22.6. The van der Waals surface area contributed by atoms with Crippen LogP contribution in [-0.2, 0) is 9.59 Å². The van der Waals surface area contributed by atoms with E-state index in [1.807, 2.05) is 18.0 Å². The highest BCUT2D eigenvalue weighted by Gasteiger charge is 2.60. The largest absolute Gasteiger partial charge is 0.353 e. The van der Waals surface area contributed by atoms with Crippen molar-refractivity contribution < 1.29 is 9.59 Å². The van der Waals surface area contributed by atoms with Crippen molar-refractivity contribution in [3.63, 3.8) is 0 Å². The summed E-state index contributed by atoms with van der Waals surface area (Å²) in [5.41, 5.74) is 0.432. The predicted octanol–water partition coefficient (Wildman–Crippen LogP) is 4.89. The van der Waals surface area contributed by atoms with Gasteiger partial charge < -0.3 is 10.2 Å². The molecule has 0 radical (unpaired) electrons. The number of carbonyl (C=O) groups is 2. The molecule has 0 aromatic carbocycles. The average Bonchev–Trinajstić information content (AvgIpc) is 3.07. The molecule has 4 nitrogen and oxygen atoms in total. The zero-order valence-electron chi connectivity index (χ0n) is 20.3. The molecule has 31 heavy (non-hydrogen) atoms. The summed E-state index contributed by atoms with van der Waals surface area (Å²) in [5.74, 6) is 3.66. The van der Waals surface area contributed by atoms with Crippen molar-refractivity contribution in [1.29, 1.82) is 0 Å². The third-order valence-electron chi connectivity index (χ3n) is 9.74. The minimum Gasteiger partial charge on any atom is -0.353 e. The predicted molar refractivity (Wildman–Crippen MR) is 129 cm³/mol. The van der Waals surface area contributed by atoms with E-state index in [1.165, 1.54) is 32.1 Å². The SMILES string of the molecule is CC(C)SCC(=O)NC(C)[C@H]1CC[C@H]2[C@@H]3CC[C@H]4N(C)C(=O)C=C[C@]4(C)[C@H]3CC[C@]12C. The zero-order valence-corrected chi connectivity index (χ0v) is 21.1. The lowest BCUT2D eigenvalue weighted by Crippen LogP contribution is -2.60. The number of rotatable bonds is 5. The maximum absolute atomic E-state index is 12.5. The summed E-state index contributed by atoms with van der Waals surface area (Å²) in [7, 11) is 2.00. The quantitative estimate of drug-likeness (QED) is 0.654. The van der Waals surface area contributed by atoms with Crippen LogP contribution in [0.25, 0.3) is 0 Å². The highest BCUT2D eigenvalue weighted by molar-refractivity contribution is 8.00. The van der Waals surface area contributed by atoms with E-state index in [0.717, 1.165) is 18.3 Å². The van der Waals surface area contributed by atoms with Crippen molar-refractivity contribution in [3.05, 3.63) is 12.2 Å². The summed E-state index contributed by atoms with van der Waals surface area (Å²) in [5, 5.41) is 3.85. The second kappa shape index (κ2) is 8.43. The molecule has 4 aliphatic rings. The Balaban J connectivity index is 1.48. The second-order valence-electron chi connectivity index (χ2n) is 11.6. The highest BCUT2D eigenvalue weighted by atomic mass is 32.2. The molecule has 174 valence electrons. The standard InChI is InChI=1S/C26H42N2O2S/c1-16(2)31-15-23(29)27-17(3)19-8-9-20-18-7-10-22-26(5,14-12-24(30)28(22)6)21(18)11-13-25(19,20)4/h12,14,16-22H,7-11,13,15H2,1-6H3,(H,27,29)/t17?,18-,19+,20-,21-,22+,25+,26+/m0/s1. The van der Waals surface area contributed by atoms with E-state index < -0.39 is 0 Å². The molecule has 0 aromatic rings. The normalized spacial score (nSPS) is 42.7. The molecule has 0 saturated heterocycles. The second-order valence-corrected chi connectivity index (χ2v) is 13.1. The average molecular weight is 447 g/mol. The first kappa shape index (κ1) is 23.2. The van der Waals surface area contributed by atoms with Crippen molar-refractivity contribution in [1.82, 2.24) is 10.2 Å². The van der Waals surface area contributed by atoms with Gasteiger partial charge in [0.25, 0.3) is 0 Å². The number of thioether (sulfide) groups is 1. The fourth-order valence-corrected chi connectivity index (χ4v) is 8.81. The molecule has 5 heteroatoms. The smallest absolute Gasteiger partial charge is 0.246 e. The van der Waals surface area contributed by atoms with Crippen molar-refractivity contribution in [2.45, 2.75) is 90.5 Å². The van der Waals surface area contributed by atoms with Gasteiger partial charge in [-0.25, -0.2) is 0 Å². The van der Waals surface area contributed by atoms with Gasteiger partial charge in [0.2, 0.25) is 11.8 Å². The van der Waals surface area contributed by atoms with Gasteiger partial charge in [0.15, 0.2) is 0 Å². The van der Waals surface area contributed by atoms with Gasteiger partial charge in [0, 0.05) is 24.5 Å². The van der Waals surface area contributed by atoms with Crippen LogP contribution >= 0.6 is 11.8 Å². The van der Waals surface area contributed by atoms with Gasteiger partial charge in [-0.2, -0.15) is 0 Å². The Morgan fingerprint density at radius 3 is 2.61 bits per heavy atom. The van der Waals surface area contributed by atoms with Gasteiger partial charge >= 0.3 is 0 Å². The van der Waals surface area contributed by atoms with Gasteiger partial charge in [-0.1, -0.05) is 33.8 Å². The first-order chi connectivity index (χ1) is 14.6. The van der Waals surface area contributed by atoms with Crippen LogP contribution in [0.15, 0.2) is 12.2 Å². The Kier molecular flexibility index (Phi) is 6.30. The molecule has 1 N–H and O–H groups in total. The van der Waals surface area contributed by atoms with Gasteiger partial charge in [-0.15, -0.1) is 11.8 Å². The van der Waals surface area contributed by atoms with Gasteiger partial charge in [-0.05, 0) is 85.9 Å². The number of carbonyl (C=O) groups excluding carboxylic acids is 2.